The van der Waals surface area contributed by atoms with E-state index in [1.807, 2.05) is 47.2 Å². The zero-order valence-electron chi connectivity index (χ0n) is 18.8. The minimum atomic E-state index is 0.315. The topological polar surface area (TPSA) is 91.8 Å². The number of aromatic nitrogens is 6. The highest BCUT2D eigenvalue weighted by Crippen LogP contribution is 2.29. The molecule has 8 nitrogen and oxygen atoms in total. The number of methoxy groups -OCH3 is 1. The van der Waals surface area contributed by atoms with Gasteiger partial charge in [-0.2, -0.15) is 0 Å². The molecular weight excluding hydrogens is 484 g/mol. The summed E-state index contributed by atoms with van der Waals surface area (Å²) >= 11 is 8.23. The standard InChI is InChI=1S/C25H19ClN6O2S/c1-33-23-15-17(13-14-27-23)25-31-29-22(34-25)12-11-21-28-30-24(16-7-9-18(35-2)10-8-16)32(21)20-6-4-3-5-19(20)26/h3-15H,1-2H3/b12-11+. The molecule has 0 aliphatic carbocycles. The molecule has 3 aromatic heterocycles. The number of nitrogens with zero attached hydrogens (tertiary/aromatic N) is 6. The minimum Gasteiger partial charge on any atom is -0.481 e. The molecule has 0 aliphatic heterocycles. The SMILES string of the molecule is COc1cc(-c2nnc(/C=C/c3nnc(-c4ccc(SC)cc4)n3-c3ccccc3Cl)o2)ccn1. The Kier molecular flexibility index (Phi) is 6.60. The van der Waals surface area contributed by atoms with E-state index in [1.54, 1.807) is 49.4 Å². The first kappa shape index (κ1) is 22.8. The summed E-state index contributed by atoms with van der Waals surface area (Å²) in [6, 6.07) is 19.2. The molecule has 0 spiro atoms. The van der Waals surface area contributed by atoms with Crippen molar-refractivity contribution in [3.05, 3.63) is 83.6 Å². The fourth-order valence-electron chi connectivity index (χ4n) is 3.42. The van der Waals surface area contributed by atoms with Crippen molar-refractivity contribution >= 4 is 35.5 Å². The molecule has 5 rings (SSSR count). The summed E-state index contributed by atoms with van der Waals surface area (Å²) in [7, 11) is 1.55. The summed E-state index contributed by atoms with van der Waals surface area (Å²) in [4.78, 5) is 5.26. The molecule has 5 aromatic rings. The molecule has 174 valence electrons. The van der Waals surface area contributed by atoms with Crippen LogP contribution in [0.3, 0.4) is 0 Å². The van der Waals surface area contributed by atoms with Gasteiger partial charge < -0.3 is 9.15 Å². The molecule has 2 aromatic carbocycles. The summed E-state index contributed by atoms with van der Waals surface area (Å²) < 4.78 is 12.9. The van der Waals surface area contributed by atoms with Crippen LogP contribution in [0.5, 0.6) is 5.88 Å². The summed E-state index contributed by atoms with van der Waals surface area (Å²) in [5.41, 5.74) is 2.39. The van der Waals surface area contributed by atoms with Gasteiger partial charge in [0.15, 0.2) is 11.6 Å². The maximum absolute atomic E-state index is 6.55. The average Bonchev–Trinajstić information content (AvgIpc) is 3.55. The molecule has 0 aliphatic rings. The molecular formula is C25H19ClN6O2S. The van der Waals surface area contributed by atoms with Crippen molar-refractivity contribution in [1.82, 2.24) is 29.9 Å². The Morgan fingerprint density at radius 1 is 0.943 bits per heavy atom. The molecule has 10 heteroatoms. The van der Waals surface area contributed by atoms with Gasteiger partial charge in [0.05, 0.1) is 17.8 Å². The maximum Gasteiger partial charge on any atom is 0.248 e. The van der Waals surface area contributed by atoms with Gasteiger partial charge in [-0.25, -0.2) is 4.98 Å². The third-order valence-electron chi connectivity index (χ3n) is 5.14. The summed E-state index contributed by atoms with van der Waals surface area (Å²) in [6.45, 7) is 0. The highest BCUT2D eigenvalue weighted by molar-refractivity contribution is 7.98. The van der Waals surface area contributed by atoms with E-state index in [2.05, 4.69) is 37.5 Å². The largest absolute Gasteiger partial charge is 0.481 e. The van der Waals surface area contributed by atoms with Crippen LogP contribution in [0, 0.1) is 0 Å². The first-order valence-corrected chi connectivity index (χ1v) is 12.1. The molecule has 0 N–H and O–H groups in total. The number of hydrogen-bond donors (Lipinski definition) is 0. The second kappa shape index (κ2) is 10.1. The number of rotatable bonds is 7. The Balaban J connectivity index is 1.52. The summed E-state index contributed by atoms with van der Waals surface area (Å²) in [6.07, 6.45) is 7.11. The summed E-state index contributed by atoms with van der Waals surface area (Å²) in [5.74, 6) is 2.36. The number of benzene rings is 2. The van der Waals surface area contributed by atoms with E-state index in [9.17, 15) is 0 Å². The molecule has 0 saturated carbocycles. The van der Waals surface area contributed by atoms with Crippen molar-refractivity contribution in [2.24, 2.45) is 0 Å². The van der Waals surface area contributed by atoms with Crippen molar-refractivity contribution in [1.29, 1.82) is 0 Å². The van der Waals surface area contributed by atoms with Crippen LogP contribution in [0.2, 0.25) is 5.02 Å². The van der Waals surface area contributed by atoms with Gasteiger partial charge in [0.2, 0.25) is 17.7 Å². The van der Waals surface area contributed by atoms with Gasteiger partial charge >= 0.3 is 0 Å². The van der Waals surface area contributed by atoms with E-state index >= 15 is 0 Å². The number of ether oxygens (including phenoxy) is 1. The van der Waals surface area contributed by atoms with Gasteiger partial charge in [-0.05, 0) is 42.7 Å². The highest BCUT2D eigenvalue weighted by atomic mass is 35.5. The van der Waals surface area contributed by atoms with Crippen LogP contribution in [0.1, 0.15) is 11.7 Å². The zero-order chi connectivity index (χ0) is 24.2. The van der Waals surface area contributed by atoms with Crippen LogP contribution < -0.4 is 4.74 Å². The fourth-order valence-corrected chi connectivity index (χ4v) is 4.05. The Labute approximate surface area is 210 Å². The molecule has 35 heavy (non-hydrogen) atoms. The first-order valence-electron chi connectivity index (χ1n) is 10.5. The van der Waals surface area contributed by atoms with Gasteiger partial charge in [-0.3, -0.25) is 4.57 Å². The lowest BCUT2D eigenvalue weighted by Crippen LogP contribution is -2.01. The Morgan fingerprint density at radius 2 is 1.77 bits per heavy atom. The van der Waals surface area contributed by atoms with E-state index < -0.39 is 0 Å². The van der Waals surface area contributed by atoms with Crippen LogP contribution >= 0.6 is 23.4 Å². The van der Waals surface area contributed by atoms with Gasteiger partial charge in [-0.1, -0.05) is 35.9 Å². The fraction of sp³-hybridized carbons (Fsp3) is 0.0800. The van der Waals surface area contributed by atoms with E-state index in [1.165, 1.54) is 0 Å². The average molecular weight is 503 g/mol. The van der Waals surface area contributed by atoms with Crippen LogP contribution in [-0.4, -0.2) is 43.3 Å². The smallest absolute Gasteiger partial charge is 0.248 e. The quantitative estimate of drug-likeness (QED) is 0.253. The van der Waals surface area contributed by atoms with Crippen LogP contribution in [0.15, 0.2) is 76.2 Å². The lowest BCUT2D eigenvalue weighted by atomic mass is 10.2. The molecule has 0 amide bonds. The molecule has 0 fully saturated rings. The second-order valence-corrected chi connectivity index (χ2v) is 8.55. The molecule has 0 bridgehead atoms. The minimum absolute atomic E-state index is 0.315. The Bertz CT molecular complexity index is 1500. The molecule has 0 saturated heterocycles. The Hall–Kier alpha value is -3.95. The van der Waals surface area contributed by atoms with Crippen molar-refractivity contribution in [2.45, 2.75) is 4.90 Å². The lowest BCUT2D eigenvalue weighted by molar-refractivity contribution is 0.398. The third kappa shape index (κ3) is 4.82. The first-order chi connectivity index (χ1) is 17.2. The van der Waals surface area contributed by atoms with Crippen LogP contribution in [0.4, 0.5) is 0 Å². The summed E-state index contributed by atoms with van der Waals surface area (Å²) in [5, 5.41) is 17.7. The predicted octanol–water partition coefficient (Wildman–Crippen LogP) is 5.93. The predicted molar refractivity (Wildman–Crippen MR) is 137 cm³/mol. The van der Waals surface area contributed by atoms with E-state index in [0.29, 0.717) is 39.9 Å². The molecule has 0 atom stereocenters. The van der Waals surface area contributed by atoms with Crippen molar-refractivity contribution < 1.29 is 9.15 Å². The number of para-hydroxylation sites is 1. The molecule has 0 unspecified atom stereocenters. The van der Waals surface area contributed by atoms with Crippen molar-refractivity contribution in [3.63, 3.8) is 0 Å². The number of thioether (sulfide) groups is 1. The third-order valence-corrected chi connectivity index (χ3v) is 6.20. The lowest BCUT2D eigenvalue weighted by Gasteiger charge is -2.11. The van der Waals surface area contributed by atoms with Gasteiger partial charge in [0.25, 0.3) is 0 Å². The molecule has 0 radical (unpaired) electrons. The number of pyridine rings is 1. The highest BCUT2D eigenvalue weighted by Gasteiger charge is 2.17. The van der Waals surface area contributed by atoms with E-state index in [4.69, 9.17) is 20.8 Å². The second-order valence-electron chi connectivity index (χ2n) is 7.26. The van der Waals surface area contributed by atoms with Gasteiger partial charge in [0, 0.05) is 34.4 Å². The van der Waals surface area contributed by atoms with Crippen LogP contribution in [0.25, 0.3) is 40.7 Å². The molecule has 3 heterocycles. The van der Waals surface area contributed by atoms with Crippen molar-refractivity contribution in [2.75, 3.05) is 13.4 Å². The number of halogens is 1. The normalized spacial score (nSPS) is 11.3. The zero-order valence-corrected chi connectivity index (χ0v) is 20.4. The van der Waals surface area contributed by atoms with Gasteiger partial charge in [0.1, 0.15) is 0 Å². The Morgan fingerprint density at radius 3 is 2.54 bits per heavy atom. The maximum atomic E-state index is 6.55. The van der Waals surface area contributed by atoms with E-state index in [0.717, 1.165) is 16.1 Å². The number of hydrogen-bond acceptors (Lipinski definition) is 8. The van der Waals surface area contributed by atoms with Crippen molar-refractivity contribution in [3.8, 4) is 34.4 Å². The van der Waals surface area contributed by atoms with Gasteiger partial charge in [-0.15, -0.1) is 32.2 Å². The monoisotopic (exact) mass is 502 g/mol. The van der Waals surface area contributed by atoms with Crippen LogP contribution in [-0.2, 0) is 0 Å². The van der Waals surface area contributed by atoms with E-state index in [-0.39, 0.29) is 0 Å².